The lowest BCUT2D eigenvalue weighted by molar-refractivity contribution is 1.46. The molecule has 1 heterocycles. The van der Waals surface area contributed by atoms with E-state index in [4.69, 9.17) is 0 Å². The highest BCUT2D eigenvalue weighted by Crippen LogP contribution is 2.20. The first-order valence-corrected chi connectivity index (χ1v) is 4.31. The average molecular weight is 166 g/mol. The predicted molar refractivity (Wildman–Crippen MR) is 54.6 cm³/mol. The van der Waals surface area contributed by atoms with Gasteiger partial charge in [0.05, 0.1) is 6.20 Å². The van der Waals surface area contributed by atoms with Gasteiger partial charge in [-0.05, 0) is 29.0 Å². The van der Waals surface area contributed by atoms with Gasteiger partial charge in [-0.3, -0.25) is 0 Å². The van der Waals surface area contributed by atoms with Crippen LogP contribution in [0.5, 0.6) is 0 Å². The summed E-state index contributed by atoms with van der Waals surface area (Å²) in [6.45, 7) is 0. The van der Waals surface area contributed by atoms with Crippen molar-refractivity contribution < 1.29 is 0 Å². The second-order valence-corrected chi connectivity index (χ2v) is 3.20. The molecule has 0 amide bonds. The summed E-state index contributed by atoms with van der Waals surface area (Å²) in [4.78, 5) is 3.09. The molecule has 1 radical (unpaired) electrons. The lowest BCUT2D eigenvalue weighted by Crippen LogP contribution is -1.72. The average Bonchev–Trinajstić information content (AvgIpc) is 2.61. The van der Waals surface area contributed by atoms with E-state index in [0.717, 1.165) is 5.52 Å². The smallest absolute Gasteiger partial charge is 0.0630 e. The van der Waals surface area contributed by atoms with Crippen LogP contribution in [0.2, 0.25) is 0 Å². The van der Waals surface area contributed by atoms with Gasteiger partial charge in [0.25, 0.3) is 0 Å². The molecule has 0 fully saturated rings. The molecule has 1 nitrogen and oxygen atoms in total. The van der Waals surface area contributed by atoms with Gasteiger partial charge in [0, 0.05) is 10.9 Å². The first-order valence-electron chi connectivity index (χ1n) is 4.31. The minimum absolute atomic E-state index is 1.15. The third kappa shape index (κ3) is 0.937. The molecule has 0 saturated heterocycles. The molecule has 0 bridgehead atoms. The van der Waals surface area contributed by atoms with E-state index >= 15 is 0 Å². The van der Waals surface area contributed by atoms with Gasteiger partial charge < -0.3 is 4.98 Å². The molecule has 0 aliphatic carbocycles. The molecule has 2 aromatic carbocycles. The Kier molecular flexibility index (Phi) is 1.22. The molecule has 0 spiro atoms. The van der Waals surface area contributed by atoms with Crippen LogP contribution in [-0.2, 0) is 0 Å². The number of aromatic nitrogens is 1. The Bertz CT molecular complexity index is 514. The van der Waals surface area contributed by atoms with Crippen LogP contribution in [0, 0.1) is 6.20 Å². The van der Waals surface area contributed by atoms with Gasteiger partial charge in [-0.25, -0.2) is 0 Å². The summed E-state index contributed by atoms with van der Waals surface area (Å²) < 4.78 is 0. The fourth-order valence-electron chi connectivity index (χ4n) is 1.68. The Balaban J connectivity index is 2.57. The fraction of sp³-hybridized carbons (Fsp3) is 0. The standard InChI is InChI=1S/C12H8N/c1-2-4-10-8-12-11(5-6-13-12)7-9(10)3-1/h1-5,7-8,13H. The maximum atomic E-state index is 3.09. The second kappa shape index (κ2) is 2.36. The molecule has 0 saturated carbocycles. The van der Waals surface area contributed by atoms with Crippen LogP contribution in [0.15, 0.2) is 42.5 Å². The maximum absolute atomic E-state index is 3.09. The summed E-state index contributed by atoms with van der Waals surface area (Å²) in [7, 11) is 0. The van der Waals surface area contributed by atoms with Crippen LogP contribution in [0.25, 0.3) is 21.7 Å². The molecule has 0 atom stereocenters. The zero-order chi connectivity index (χ0) is 8.67. The van der Waals surface area contributed by atoms with Crippen LogP contribution < -0.4 is 0 Å². The van der Waals surface area contributed by atoms with Crippen LogP contribution in [0.1, 0.15) is 0 Å². The summed E-state index contributed by atoms with van der Waals surface area (Å²) in [6.07, 6.45) is 2.99. The fourth-order valence-corrected chi connectivity index (χ4v) is 1.68. The van der Waals surface area contributed by atoms with Crippen molar-refractivity contribution in [2.75, 3.05) is 0 Å². The van der Waals surface area contributed by atoms with E-state index in [2.05, 4.69) is 47.6 Å². The third-order valence-corrected chi connectivity index (χ3v) is 2.35. The van der Waals surface area contributed by atoms with Crippen LogP contribution in [-0.4, -0.2) is 4.98 Å². The Morgan fingerprint density at radius 3 is 2.54 bits per heavy atom. The Morgan fingerprint density at radius 2 is 1.69 bits per heavy atom. The summed E-state index contributed by atoms with van der Waals surface area (Å²) in [5.41, 5.74) is 1.15. The van der Waals surface area contributed by atoms with Crippen molar-refractivity contribution in [1.29, 1.82) is 0 Å². The van der Waals surface area contributed by atoms with E-state index in [1.54, 1.807) is 0 Å². The molecule has 61 valence electrons. The lowest BCUT2D eigenvalue weighted by Gasteiger charge is -1.96. The largest absolute Gasteiger partial charge is 0.353 e. The highest BCUT2D eigenvalue weighted by Gasteiger charge is 1.96. The summed E-state index contributed by atoms with van der Waals surface area (Å²) >= 11 is 0. The molecule has 3 aromatic rings. The first-order chi connectivity index (χ1) is 6.43. The van der Waals surface area contributed by atoms with Gasteiger partial charge in [-0.1, -0.05) is 24.3 Å². The van der Waals surface area contributed by atoms with E-state index in [1.165, 1.54) is 16.2 Å². The number of fused-ring (bicyclic) bond motifs is 2. The van der Waals surface area contributed by atoms with Crippen LogP contribution in [0.4, 0.5) is 0 Å². The van der Waals surface area contributed by atoms with Crippen molar-refractivity contribution in [3.8, 4) is 0 Å². The van der Waals surface area contributed by atoms with Crippen molar-refractivity contribution in [3.05, 3.63) is 48.7 Å². The third-order valence-electron chi connectivity index (χ3n) is 2.35. The van der Waals surface area contributed by atoms with Gasteiger partial charge in [-0.15, -0.1) is 0 Å². The highest BCUT2D eigenvalue weighted by molar-refractivity contribution is 5.96. The molecular formula is C12H8N. The Labute approximate surface area is 76.0 Å². The minimum atomic E-state index is 1.15. The van der Waals surface area contributed by atoms with Gasteiger partial charge in [0.1, 0.15) is 0 Å². The topological polar surface area (TPSA) is 15.8 Å². The van der Waals surface area contributed by atoms with Crippen LogP contribution in [0.3, 0.4) is 0 Å². The van der Waals surface area contributed by atoms with Crippen LogP contribution >= 0.6 is 0 Å². The number of nitrogens with one attached hydrogen (secondary N) is 1. The molecule has 0 unspecified atom stereocenters. The number of aromatic amines is 1. The molecule has 3 rings (SSSR count). The number of benzene rings is 2. The SMILES string of the molecule is [c]1cc2cc3ccccc3cc2[nH]1. The number of rotatable bonds is 0. The lowest BCUT2D eigenvalue weighted by atomic mass is 10.1. The number of hydrogen-bond acceptors (Lipinski definition) is 0. The van der Waals surface area contributed by atoms with E-state index in [1.807, 2.05) is 6.07 Å². The summed E-state index contributed by atoms with van der Waals surface area (Å²) in [6, 6.07) is 14.7. The van der Waals surface area contributed by atoms with E-state index < -0.39 is 0 Å². The van der Waals surface area contributed by atoms with Crippen molar-refractivity contribution in [2.24, 2.45) is 0 Å². The molecule has 0 aliphatic rings. The van der Waals surface area contributed by atoms with E-state index in [9.17, 15) is 0 Å². The summed E-state index contributed by atoms with van der Waals surface area (Å²) in [5, 5.41) is 3.77. The first kappa shape index (κ1) is 6.72. The number of hydrogen-bond donors (Lipinski definition) is 1. The van der Waals surface area contributed by atoms with E-state index in [-0.39, 0.29) is 0 Å². The summed E-state index contributed by atoms with van der Waals surface area (Å²) in [5.74, 6) is 0. The van der Waals surface area contributed by atoms with Gasteiger partial charge in [-0.2, -0.15) is 0 Å². The van der Waals surface area contributed by atoms with Crippen molar-refractivity contribution in [3.63, 3.8) is 0 Å². The van der Waals surface area contributed by atoms with E-state index in [0.29, 0.717) is 0 Å². The molecule has 0 aliphatic heterocycles. The van der Waals surface area contributed by atoms with Crippen molar-refractivity contribution in [2.45, 2.75) is 0 Å². The Morgan fingerprint density at radius 1 is 0.923 bits per heavy atom. The normalized spacial score (nSPS) is 11.1. The van der Waals surface area contributed by atoms with Crippen molar-refractivity contribution >= 4 is 21.7 Å². The monoisotopic (exact) mass is 166 g/mol. The molecule has 1 aromatic heterocycles. The minimum Gasteiger partial charge on any atom is -0.353 e. The van der Waals surface area contributed by atoms with Crippen molar-refractivity contribution in [1.82, 2.24) is 4.98 Å². The molecule has 1 N–H and O–H groups in total. The van der Waals surface area contributed by atoms with Gasteiger partial charge >= 0.3 is 0 Å². The highest BCUT2D eigenvalue weighted by atomic mass is 14.7. The zero-order valence-electron chi connectivity index (χ0n) is 7.04. The molecular weight excluding hydrogens is 158 g/mol. The number of H-pyrrole nitrogens is 1. The Hall–Kier alpha value is -1.76. The van der Waals surface area contributed by atoms with Gasteiger partial charge in [0.15, 0.2) is 0 Å². The molecule has 13 heavy (non-hydrogen) atoms. The zero-order valence-corrected chi connectivity index (χ0v) is 7.04. The van der Waals surface area contributed by atoms with Gasteiger partial charge in [0.2, 0.25) is 0 Å². The maximum Gasteiger partial charge on any atom is 0.0630 e. The molecule has 1 heteroatoms. The quantitative estimate of drug-likeness (QED) is 0.528. The second-order valence-electron chi connectivity index (χ2n) is 3.20. The predicted octanol–water partition coefficient (Wildman–Crippen LogP) is 3.12.